The van der Waals surface area contributed by atoms with Gasteiger partial charge in [-0.2, -0.15) is 0 Å². The number of hydrogen-bond donors (Lipinski definition) is 5. The van der Waals surface area contributed by atoms with Crippen molar-refractivity contribution < 1.29 is 28.7 Å². The highest BCUT2D eigenvalue weighted by Gasteiger charge is 2.47. The first-order valence-electron chi connectivity index (χ1n) is 15.3. The summed E-state index contributed by atoms with van der Waals surface area (Å²) in [5.41, 5.74) is 6.84. The number of rotatable bonds is 13. The Labute approximate surface area is 277 Å². The number of aryl methyl sites for hydroxylation is 1. The fourth-order valence-electron chi connectivity index (χ4n) is 6.25. The number of halogens is 3. The fourth-order valence-corrected chi connectivity index (χ4v) is 6.79. The number of fused-ring (bicyclic) bond motifs is 3. The molecule has 1 aromatic heterocycles. The third kappa shape index (κ3) is 7.41. The molecule has 0 fully saturated rings. The SMILES string of the molecule is CC[C@H](C)[C@H](NC(=O)[C@@]1(NC(=O)C(C(C)CCF)N(Cc2ccccc2)C(=O)O)CCc2[nH]c3c(Cl)cc(Cl)cc3c2C1)C(N)=O. The summed E-state index contributed by atoms with van der Waals surface area (Å²) < 4.78 is 13.7. The van der Waals surface area contributed by atoms with E-state index in [0.29, 0.717) is 44.9 Å². The van der Waals surface area contributed by atoms with Crippen molar-refractivity contribution in [1.82, 2.24) is 20.5 Å². The monoisotopic (exact) mass is 675 g/mol. The van der Waals surface area contributed by atoms with Crippen LogP contribution in [0.15, 0.2) is 42.5 Å². The quantitative estimate of drug-likeness (QED) is 0.164. The summed E-state index contributed by atoms with van der Waals surface area (Å²) in [5.74, 6) is -3.16. The summed E-state index contributed by atoms with van der Waals surface area (Å²) in [6.45, 7) is 4.34. The van der Waals surface area contributed by atoms with E-state index in [0.717, 1.165) is 10.6 Å². The highest BCUT2D eigenvalue weighted by molar-refractivity contribution is 6.38. The molecule has 0 aliphatic heterocycles. The predicted molar refractivity (Wildman–Crippen MR) is 175 cm³/mol. The van der Waals surface area contributed by atoms with E-state index in [1.54, 1.807) is 56.3 Å². The number of amides is 4. The Hall–Kier alpha value is -3.83. The fraction of sp³-hybridized carbons (Fsp3) is 0.455. The Morgan fingerprint density at radius 3 is 2.43 bits per heavy atom. The van der Waals surface area contributed by atoms with Crippen LogP contribution in [0.5, 0.6) is 0 Å². The molecule has 10 nitrogen and oxygen atoms in total. The van der Waals surface area contributed by atoms with Crippen LogP contribution in [0, 0.1) is 11.8 Å². The van der Waals surface area contributed by atoms with E-state index in [1.807, 2.05) is 6.92 Å². The maximum Gasteiger partial charge on any atom is 0.408 e. The summed E-state index contributed by atoms with van der Waals surface area (Å²) in [6, 6.07) is 9.71. The van der Waals surface area contributed by atoms with Crippen molar-refractivity contribution >= 4 is 57.9 Å². The number of carboxylic acid groups (broad SMARTS) is 1. The molecule has 0 saturated carbocycles. The standard InChI is InChI=1S/C33H40Cl2FN5O5/c1-4-18(2)26(29(37)42)39-31(44)33(12-10-25-23(16-33)22-14-21(34)15-24(35)27(22)38-25)40-30(43)28(19(3)11-13-36)41(32(45)46)17-20-8-6-5-7-9-20/h5-9,14-15,18-19,26,28,38H,4,10-13,16-17H2,1-3H3,(H2,37,42)(H,39,44)(H,40,43)(H,45,46)/t18-,19?,26-,28?,33+/m0/s1. The number of nitrogens with one attached hydrogen (secondary N) is 3. The van der Waals surface area contributed by atoms with E-state index in [4.69, 9.17) is 28.9 Å². The van der Waals surface area contributed by atoms with Gasteiger partial charge in [-0.25, -0.2) is 4.79 Å². The number of aromatic amines is 1. The summed E-state index contributed by atoms with van der Waals surface area (Å²) in [6.07, 6.45) is -0.501. The van der Waals surface area contributed by atoms with Gasteiger partial charge in [-0.15, -0.1) is 0 Å². The van der Waals surface area contributed by atoms with Crippen molar-refractivity contribution in [3.05, 3.63) is 69.3 Å². The van der Waals surface area contributed by atoms with E-state index in [2.05, 4.69) is 15.6 Å². The number of alkyl halides is 1. The van der Waals surface area contributed by atoms with Crippen LogP contribution in [0.4, 0.5) is 9.18 Å². The molecule has 248 valence electrons. The smallest absolute Gasteiger partial charge is 0.408 e. The number of aromatic nitrogens is 1. The minimum Gasteiger partial charge on any atom is -0.465 e. The molecule has 6 N–H and O–H groups in total. The summed E-state index contributed by atoms with van der Waals surface area (Å²) in [4.78, 5) is 58.0. The van der Waals surface area contributed by atoms with Crippen molar-refractivity contribution in [2.75, 3.05) is 6.67 Å². The average molecular weight is 677 g/mol. The predicted octanol–water partition coefficient (Wildman–Crippen LogP) is 5.38. The molecule has 2 unspecified atom stereocenters. The molecule has 1 aliphatic carbocycles. The van der Waals surface area contributed by atoms with Gasteiger partial charge in [0.15, 0.2) is 0 Å². The molecular formula is C33H40Cl2FN5O5. The molecule has 4 rings (SSSR count). The maximum absolute atomic E-state index is 14.3. The van der Waals surface area contributed by atoms with Crippen molar-refractivity contribution in [1.29, 1.82) is 0 Å². The Kier molecular flexibility index (Phi) is 11.2. The third-order valence-corrected chi connectivity index (χ3v) is 9.57. The summed E-state index contributed by atoms with van der Waals surface area (Å²) in [7, 11) is 0. The van der Waals surface area contributed by atoms with Gasteiger partial charge in [0.25, 0.3) is 0 Å². The van der Waals surface area contributed by atoms with Gasteiger partial charge < -0.3 is 26.5 Å². The lowest BCUT2D eigenvalue weighted by Crippen LogP contribution is -2.67. The van der Waals surface area contributed by atoms with E-state index in [1.165, 1.54) is 0 Å². The summed E-state index contributed by atoms with van der Waals surface area (Å²) >= 11 is 12.8. The Balaban J connectivity index is 1.80. The van der Waals surface area contributed by atoms with Gasteiger partial charge in [0.2, 0.25) is 17.7 Å². The van der Waals surface area contributed by atoms with E-state index >= 15 is 0 Å². The third-order valence-electron chi connectivity index (χ3n) is 9.05. The van der Waals surface area contributed by atoms with E-state index < -0.39 is 54.0 Å². The van der Waals surface area contributed by atoms with Gasteiger partial charge in [0, 0.05) is 29.1 Å². The molecule has 2 aromatic carbocycles. The van der Waals surface area contributed by atoms with Crippen LogP contribution in [0.3, 0.4) is 0 Å². The number of nitrogens with two attached hydrogens (primary N) is 1. The molecule has 1 heterocycles. The van der Waals surface area contributed by atoms with Crippen molar-refractivity contribution in [2.24, 2.45) is 17.6 Å². The molecule has 13 heteroatoms. The van der Waals surface area contributed by atoms with Crippen molar-refractivity contribution in [3.8, 4) is 0 Å². The molecule has 0 bridgehead atoms. The zero-order valence-corrected chi connectivity index (χ0v) is 27.6. The van der Waals surface area contributed by atoms with Crippen molar-refractivity contribution in [3.63, 3.8) is 0 Å². The van der Waals surface area contributed by atoms with Gasteiger partial charge in [-0.05, 0) is 54.4 Å². The number of carbonyl (C=O) groups excluding carboxylic acids is 3. The van der Waals surface area contributed by atoms with Gasteiger partial charge in [-0.1, -0.05) is 80.7 Å². The van der Waals surface area contributed by atoms with Gasteiger partial charge in [-0.3, -0.25) is 23.7 Å². The molecule has 46 heavy (non-hydrogen) atoms. The minimum absolute atomic E-state index is 0.0153. The number of nitrogens with zero attached hydrogens (tertiary/aromatic N) is 1. The van der Waals surface area contributed by atoms with Crippen LogP contribution in [0.2, 0.25) is 10.0 Å². The number of hydrogen-bond acceptors (Lipinski definition) is 4. The number of carbonyl (C=O) groups is 4. The Morgan fingerprint density at radius 1 is 1.13 bits per heavy atom. The first kappa shape index (κ1) is 35.0. The maximum atomic E-state index is 14.3. The van der Waals surface area contributed by atoms with Crippen LogP contribution in [-0.2, 0) is 33.8 Å². The van der Waals surface area contributed by atoms with Crippen LogP contribution in [0.25, 0.3) is 10.9 Å². The molecule has 1 aliphatic rings. The minimum atomic E-state index is -1.63. The molecule has 0 radical (unpaired) electrons. The zero-order chi connectivity index (χ0) is 33.8. The van der Waals surface area contributed by atoms with E-state index in [9.17, 15) is 28.7 Å². The van der Waals surface area contributed by atoms with Crippen LogP contribution >= 0.6 is 23.2 Å². The molecule has 5 atom stereocenters. The van der Waals surface area contributed by atoms with Gasteiger partial charge in [0.1, 0.15) is 17.6 Å². The molecule has 4 amide bonds. The highest BCUT2D eigenvalue weighted by Crippen LogP contribution is 2.38. The van der Waals surface area contributed by atoms with E-state index in [-0.39, 0.29) is 31.7 Å². The van der Waals surface area contributed by atoms with Gasteiger partial charge in [0.05, 0.1) is 17.2 Å². The normalized spacial score (nSPS) is 18.6. The molecule has 0 saturated heterocycles. The van der Waals surface area contributed by atoms with Crippen LogP contribution in [0.1, 0.15) is 56.9 Å². The zero-order valence-electron chi connectivity index (χ0n) is 26.0. The summed E-state index contributed by atoms with van der Waals surface area (Å²) in [5, 5.41) is 17.4. The van der Waals surface area contributed by atoms with Crippen LogP contribution in [-0.4, -0.2) is 63.1 Å². The molecule has 3 aromatic rings. The largest absolute Gasteiger partial charge is 0.465 e. The topological polar surface area (TPSA) is 158 Å². The van der Waals surface area contributed by atoms with Crippen LogP contribution < -0.4 is 16.4 Å². The lowest BCUT2D eigenvalue weighted by Gasteiger charge is -2.41. The number of benzene rings is 2. The second kappa shape index (κ2) is 14.7. The first-order chi connectivity index (χ1) is 21.8. The van der Waals surface area contributed by atoms with Crippen molar-refractivity contribution in [2.45, 2.75) is 77.0 Å². The second-order valence-electron chi connectivity index (χ2n) is 12.2. The average Bonchev–Trinajstić information content (AvgIpc) is 3.37. The Bertz CT molecular complexity index is 1600. The lowest BCUT2D eigenvalue weighted by molar-refractivity contribution is -0.139. The number of H-pyrrole nitrogens is 1. The van der Waals surface area contributed by atoms with Gasteiger partial charge >= 0.3 is 6.09 Å². The Morgan fingerprint density at radius 2 is 1.83 bits per heavy atom. The molecule has 0 spiro atoms. The lowest BCUT2D eigenvalue weighted by atomic mass is 9.78. The molecular weight excluding hydrogens is 636 g/mol. The number of primary amides is 1. The second-order valence-corrected chi connectivity index (χ2v) is 13.0. The highest BCUT2D eigenvalue weighted by atomic mass is 35.5. The first-order valence-corrected chi connectivity index (χ1v) is 16.1.